The van der Waals surface area contributed by atoms with E-state index < -0.39 is 0 Å². The van der Waals surface area contributed by atoms with Crippen LogP contribution < -0.4 is 5.32 Å². The molecule has 9 heavy (non-hydrogen) atoms. The van der Waals surface area contributed by atoms with E-state index in [0.29, 0.717) is 12.3 Å². The van der Waals surface area contributed by atoms with Gasteiger partial charge in [0.25, 0.3) is 0 Å². The molecule has 1 rings (SSSR count). The Balaban J connectivity index is 2.41. The normalized spacial score (nSPS) is 32.1. The fourth-order valence-corrected chi connectivity index (χ4v) is 0.816. The lowest BCUT2D eigenvalue weighted by Gasteiger charge is -2.22. The molecular formula is C6H11NO2. The fraction of sp³-hybridized carbons (Fsp3) is 0.667. The third kappa shape index (κ3) is 1.61. The maximum atomic E-state index is 8.48. The molecule has 0 unspecified atom stereocenters. The predicted octanol–water partition coefficient (Wildman–Crippen LogP) is 0.394. The molecule has 1 saturated heterocycles. The van der Waals surface area contributed by atoms with E-state index in [-0.39, 0.29) is 6.10 Å². The van der Waals surface area contributed by atoms with Crippen molar-refractivity contribution in [3.8, 4) is 0 Å². The molecule has 0 aromatic heterocycles. The Morgan fingerprint density at radius 1 is 1.89 bits per heavy atom. The molecule has 52 valence electrons. The Kier molecular flexibility index (Phi) is 1.95. The lowest BCUT2D eigenvalue weighted by atomic mass is 10.3. The van der Waals surface area contributed by atoms with Crippen molar-refractivity contribution < 1.29 is 9.84 Å². The Hall–Kier alpha value is -0.700. The molecule has 1 aliphatic heterocycles. The van der Waals surface area contributed by atoms with Crippen molar-refractivity contribution in [3.05, 3.63) is 12.0 Å². The summed E-state index contributed by atoms with van der Waals surface area (Å²) < 4.78 is 5.18. The van der Waals surface area contributed by atoms with E-state index in [0.717, 1.165) is 12.8 Å². The standard InChI is InChI=1S/C6H11NO2/c1-5-2-7-3-6(4-8)9-5/h4-5,7-8H,2-3H2,1H3/b6-4+/t5-/m1/s1. The van der Waals surface area contributed by atoms with E-state index in [1.54, 1.807) is 0 Å². The van der Waals surface area contributed by atoms with Gasteiger partial charge in [-0.05, 0) is 6.92 Å². The van der Waals surface area contributed by atoms with Crippen LogP contribution in [0, 0.1) is 0 Å². The molecule has 1 atom stereocenters. The lowest BCUT2D eigenvalue weighted by Crippen LogP contribution is -2.35. The van der Waals surface area contributed by atoms with Crippen molar-refractivity contribution in [2.45, 2.75) is 13.0 Å². The van der Waals surface area contributed by atoms with Gasteiger partial charge in [0, 0.05) is 6.54 Å². The molecule has 1 fully saturated rings. The second-order valence-electron chi connectivity index (χ2n) is 2.15. The SMILES string of the molecule is C[C@@H]1CNC/C(=C\O)O1. The molecule has 3 nitrogen and oxygen atoms in total. The van der Waals surface area contributed by atoms with Gasteiger partial charge in [0.2, 0.25) is 0 Å². The first-order valence-corrected chi connectivity index (χ1v) is 3.03. The van der Waals surface area contributed by atoms with Crippen molar-refractivity contribution in [3.63, 3.8) is 0 Å². The van der Waals surface area contributed by atoms with Crippen LogP contribution in [0.4, 0.5) is 0 Å². The minimum Gasteiger partial charge on any atom is -0.512 e. The highest BCUT2D eigenvalue weighted by Crippen LogP contribution is 2.04. The van der Waals surface area contributed by atoms with Crippen LogP contribution in [0.25, 0.3) is 0 Å². The number of aliphatic hydroxyl groups excluding tert-OH is 1. The van der Waals surface area contributed by atoms with Crippen LogP contribution in [0.3, 0.4) is 0 Å². The molecule has 0 bridgehead atoms. The Morgan fingerprint density at radius 2 is 2.67 bits per heavy atom. The van der Waals surface area contributed by atoms with E-state index >= 15 is 0 Å². The topological polar surface area (TPSA) is 41.5 Å². The van der Waals surface area contributed by atoms with Crippen LogP contribution in [-0.2, 0) is 4.74 Å². The van der Waals surface area contributed by atoms with Gasteiger partial charge in [0.15, 0.2) is 0 Å². The van der Waals surface area contributed by atoms with Gasteiger partial charge < -0.3 is 15.2 Å². The quantitative estimate of drug-likeness (QED) is 0.465. The lowest BCUT2D eigenvalue weighted by molar-refractivity contribution is 0.0931. The number of ether oxygens (including phenoxy) is 1. The first-order valence-electron chi connectivity index (χ1n) is 3.03. The number of rotatable bonds is 0. The van der Waals surface area contributed by atoms with Gasteiger partial charge in [-0.25, -0.2) is 0 Å². The summed E-state index contributed by atoms with van der Waals surface area (Å²) in [4.78, 5) is 0. The number of hydrogen-bond donors (Lipinski definition) is 2. The minimum absolute atomic E-state index is 0.178. The van der Waals surface area contributed by atoms with Crippen LogP contribution in [0.5, 0.6) is 0 Å². The van der Waals surface area contributed by atoms with Crippen molar-refractivity contribution in [1.82, 2.24) is 5.32 Å². The van der Waals surface area contributed by atoms with Crippen LogP contribution in [0.2, 0.25) is 0 Å². The van der Waals surface area contributed by atoms with Gasteiger partial charge in [0.05, 0.1) is 6.54 Å². The van der Waals surface area contributed by atoms with Crippen molar-refractivity contribution in [1.29, 1.82) is 0 Å². The molecule has 0 spiro atoms. The summed E-state index contributed by atoms with van der Waals surface area (Å²) in [5.41, 5.74) is 0. The molecular weight excluding hydrogens is 118 g/mol. The number of morpholine rings is 1. The highest BCUT2D eigenvalue weighted by atomic mass is 16.5. The first-order chi connectivity index (χ1) is 4.33. The average Bonchev–Trinajstić information content (AvgIpc) is 1.88. The molecule has 0 aromatic carbocycles. The van der Waals surface area contributed by atoms with Crippen LogP contribution >= 0.6 is 0 Å². The number of aliphatic hydroxyl groups is 1. The third-order valence-electron chi connectivity index (χ3n) is 1.23. The highest BCUT2D eigenvalue weighted by molar-refractivity contribution is 4.93. The molecule has 1 heterocycles. The van der Waals surface area contributed by atoms with Crippen LogP contribution in [0.15, 0.2) is 12.0 Å². The summed E-state index contributed by atoms with van der Waals surface area (Å²) in [6, 6.07) is 0. The molecule has 0 saturated carbocycles. The summed E-state index contributed by atoms with van der Waals surface area (Å²) >= 11 is 0. The number of nitrogens with one attached hydrogen (secondary N) is 1. The van der Waals surface area contributed by atoms with E-state index in [1.807, 2.05) is 6.92 Å². The third-order valence-corrected chi connectivity index (χ3v) is 1.23. The monoisotopic (exact) mass is 129 g/mol. The number of hydrogen-bond acceptors (Lipinski definition) is 3. The fourth-order valence-electron chi connectivity index (χ4n) is 0.816. The Morgan fingerprint density at radius 3 is 3.11 bits per heavy atom. The summed E-state index contributed by atoms with van der Waals surface area (Å²) in [7, 11) is 0. The minimum atomic E-state index is 0.178. The van der Waals surface area contributed by atoms with E-state index in [4.69, 9.17) is 9.84 Å². The van der Waals surface area contributed by atoms with Crippen molar-refractivity contribution >= 4 is 0 Å². The molecule has 0 aliphatic carbocycles. The summed E-state index contributed by atoms with van der Waals surface area (Å²) in [6.07, 6.45) is 1.18. The predicted molar refractivity (Wildman–Crippen MR) is 34.1 cm³/mol. The van der Waals surface area contributed by atoms with Gasteiger partial charge in [-0.2, -0.15) is 0 Å². The molecule has 2 N–H and O–H groups in total. The van der Waals surface area contributed by atoms with Gasteiger partial charge >= 0.3 is 0 Å². The smallest absolute Gasteiger partial charge is 0.144 e. The summed E-state index contributed by atoms with van der Waals surface area (Å²) in [5.74, 6) is 0.619. The highest BCUT2D eigenvalue weighted by Gasteiger charge is 2.11. The van der Waals surface area contributed by atoms with Gasteiger partial charge in [0.1, 0.15) is 18.1 Å². The maximum absolute atomic E-state index is 8.48. The van der Waals surface area contributed by atoms with Crippen LogP contribution in [0.1, 0.15) is 6.92 Å². The van der Waals surface area contributed by atoms with Gasteiger partial charge in [-0.15, -0.1) is 0 Å². The van der Waals surface area contributed by atoms with Crippen molar-refractivity contribution in [2.24, 2.45) is 0 Å². The van der Waals surface area contributed by atoms with Crippen LogP contribution in [-0.4, -0.2) is 24.3 Å². The van der Waals surface area contributed by atoms with Gasteiger partial charge in [-0.3, -0.25) is 0 Å². The summed E-state index contributed by atoms with van der Waals surface area (Å²) in [5, 5.41) is 11.6. The Bertz CT molecular complexity index is 122. The zero-order valence-electron chi connectivity index (χ0n) is 5.42. The second kappa shape index (κ2) is 2.73. The average molecular weight is 129 g/mol. The zero-order valence-corrected chi connectivity index (χ0v) is 5.42. The largest absolute Gasteiger partial charge is 0.512 e. The maximum Gasteiger partial charge on any atom is 0.144 e. The van der Waals surface area contributed by atoms with Gasteiger partial charge in [-0.1, -0.05) is 0 Å². The molecule has 0 radical (unpaired) electrons. The molecule has 0 amide bonds. The van der Waals surface area contributed by atoms with Crippen molar-refractivity contribution in [2.75, 3.05) is 13.1 Å². The first kappa shape index (κ1) is 6.42. The zero-order chi connectivity index (χ0) is 6.69. The molecule has 0 aromatic rings. The van der Waals surface area contributed by atoms with E-state index in [9.17, 15) is 0 Å². The Labute approximate surface area is 54.3 Å². The second-order valence-corrected chi connectivity index (χ2v) is 2.15. The molecule has 3 heteroatoms. The van der Waals surface area contributed by atoms with E-state index in [2.05, 4.69) is 5.32 Å². The molecule has 1 aliphatic rings. The van der Waals surface area contributed by atoms with E-state index in [1.165, 1.54) is 0 Å². The summed E-state index contributed by atoms with van der Waals surface area (Å²) in [6.45, 7) is 3.45.